The highest BCUT2D eigenvalue weighted by atomic mass is 19.4. The summed E-state index contributed by atoms with van der Waals surface area (Å²) < 4.78 is 49.3. The van der Waals surface area contributed by atoms with E-state index in [1.165, 1.54) is 0 Å². The Kier molecular flexibility index (Phi) is 3.30. The Labute approximate surface area is 114 Å². The van der Waals surface area contributed by atoms with Gasteiger partial charge in [-0.2, -0.15) is 13.2 Å². The largest absolute Gasteiger partial charge is 0.512 e. The molecule has 0 spiro atoms. The number of alkyl halides is 3. The van der Waals surface area contributed by atoms with Gasteiger partial charge < -0.3 is 14.3 Å². The molecule has 8 heteroatoms. The first kappa shape index (κ1) is 15.1. The van der Waals surface area contributed by atoms with Gasteiger partial charge in [-0.05, 0) is 27.7 Å². The smallest absolute Gasteiger partial charge is 0.398 e. The van der Waals surface area contributed by atoms with Crippen molar-refractivity contribution in [3.05, 3.63) is 28.0 Å². The first-order valence-corrected chi connectivity index (χ1v) is 6.09. The molecule has 0 radical (unpaired) electrons. The second-order valence-corrected chi connectivity index (χ2v) is 5.77. The highest BCUT2D eigenvalue weighted by Gasteiger charge is 2.52. The lowest BCUT2D eigenvalue weighted by molar-refractivity contribution is -0.141. The molecule has 4 nitrogen and oxygen atoms in total. The maximum Gasteiger partial charge on any atom is 0.512 e. The van der Waals surface area contributed by atoms with E-state index in [-0.39, 0.29) is 5.59 Å². The predicted molar refractivity (Wildman–Crippen MR) is 67.8 cm³/mol. The molecular weight excluding hydrogens is 274 g/mol. The molecule has 0 bridgehead atoms. The van der Waals surface area contributed by atoms with E-state index in [4.69, 9.17) is 9.31 Å². The lowest BCUT2D eigenvalue weighted by Crippen LogP contribution is -2.41. The maximum atomic E-state index is 12.7. The Morgan fingerprint density at radius 3 is 2.05 bits per heavy atom. The van der Waals surface area contributed by atoms with Gasteiger partial charge in [-0.3, -0.25) is 4.79 Å². The number of H-pyrrole nitrogens is 1. The minimum atomic E-state index is -4.63. The van der Waals surface area contributed by atoms with Gasteiger partial charge in [0, 0.05) is 17.7 Å². The van der Waals surface area contributed by atoms with Gasteiger partial charge in [0.15, 0.2) is 5.43 Å². The Bertz CT molecular complexity index is 564. The quantitative estimate of drug-likeness (QED) is 0.800. The molecule has 1 aliphatic heterocycles. The summed E-state index contributed by atoms with van der Waals surface area (Å²) in [6, 6.07) is 1.56. The molecule has 0 aromatic carbocycles. The van der Waals surface area contributed by atoms with Crippen molar-refractivity contribution in [2.24, 2.45) is 0 Å². The number of hydrogen-bond donors (Lipinski definition) is 1. The molecule has 1 fully saturated rings. The summed E-state index contributed by atoms with van der Waals surface area (Å²) >= 11 is 0. The van der Waals surface area contributed by atoms with E-state index in [9.17, 15) is 18.0 Å². The molecule has 1 aromatic heterocycles. The number of halogens is 3. The molecule has 1 saturated heterocycles. The molecule has 20 heavy (non-hydrogen) atoms. The molecule has 0 amide bonds. The maximum absolute atomic E-state index is 12.7. The molecule has 1 aliphatic rings. The summed E-state index contributed by atoms with van der Waals surface area (Å²) in [6.45, 7) is 7.11. The van der Waals surface area contributed by atoms with Crippen molar-refractivity contribution in [3.8, 4) is 0 Å². The Morgan fingerprint density at radius 2 is 1.60 bits per heavy atom. The molecule has 0 aliphatic carbocycles. The molecule has 1 aromatic rings. The lowest BCUT2D eigenvalue weighted by Gasteiger charge is -2.32. The van der Waals surface area contributed by atoms with Crippen molar-refractivity contribution in [2.75, 3.05) is 0 Å². The third-order valence-corrected chi connectivity index (χ3v) is 3.68. The average molecular weight is 289 g/mol. The van der Waals surface area contributed by atoms with Crippen LogP contribution in [0.4, 0.5) is 13.2 Å². The van der Waals surface area contributed by atoms with Crippen LogP contribution < -0.4 is 11.0 Å². The Balaban J connectivity index is 2.41. The van der Waals surface area contributed by atoms with Crippen LogP contribution in [-0.2, 0) is 15.5 Å². The molecule has 0 atom stereocenters. The number of pyridine rings is 1. The van der Waals surface area contributed by atoms with Gasteiger partial charge in [0.2, 0.25) is 0 Å². The number of aromatic amines is 1. The van der Waals surface area contributed by atoms with E-state index in [1.54, 1.807) is 27.7 Å². The first-order chi connectivity index (χ1) is 8.92. The Morgan fingerprint density at radius 1 is 1.10 bits per heavy atom. The van der Waals surface area contributed by atoms with Crippen molar-refractivity contribution in [1.29, 1.82) is 0 Å². The fourth-order valence-corrected chi connectivity index (χ4v) is 1.81. The monoisotopic (exact) mass is 289 g/mol. The summed E-state index contributed by atoms with van der Waals surface area (Å²) in [7, 11) is -1.03. The number of hydrogen-bond acceptors (Lipinski definition) is 3. The van der Waals surface area contributed by atoms with Crippen molar-refractivity contribution >= 4 is 12.7 Å². The fourth-order valence-electron chi connectivity index (χ4n) is 1.81. The summed E-state index contributed by atoms with van der Waals surface area (Å²) in [5, 5.41) is 0. The van der Waals surface area contributed by atoms with E-state index >= 15 is 0 Å². The highest BCUT2D eigenvalue weighted by Crippen LogP contribution is 2.36. The van der Waals surface area contributed by atoms with Crippen LogP contribution in [-0.4, -0.2) is 23.3 Å². The normalized spacial score (nSPS) is 21.2. The van der Waals surface area contributed by atoms with Gasteiger partial charge in [-0.1, -0.05) is 0 Å². The standard InChI is InChI=1S/C12H15BF3NO3/c1-10(2)11(3,4)20-13(19-10)9-6-7(18)5-8(17-9)12(14,15)16/h5-6H,1-4H3,(H,17,18). The van der Waals surface area contributed by atoms with Crippen LogP contribution in [0.1, 0.15) is 33.4 Å². The zero-order valence-electron chi connectivity index (χ0n) is 11.6. The van der Waals surface area contributed by atoms with Crippen LogP contribution in [0.25, 0.3) is 0 Å². The van der Waals surface area contributed by atoms with Crippen LogP contribution in [0.2, 0.25) is 0 Å². The van der Waals surface area contributed by atoms with Crippen molar-refractivity contribution in [2.45, 2.75) is 45.1 Å². The molecule has 1 N–H and O–H groups in total. The number of rotatable bonds is 1. The minimum Gasteiger partial charge on any atom is -0.398 e. The second-order valence-electron chi connectivity index (χ2n) is 5.77. The topological polar surface area (TPSA) is 51.3 Å². The van der Waals surface area contributed by atoms with Crippen LogP contribution >= 0.6 is 0 Å². The van der Waals surface area contributed by atoms with E-state index in [1.807, 2.05) is 0 Å². The van der Waals surface area contributed by atoms with Gasteiger partial charge in [-0.15, -0.1) is 0 Å². The van der Waals surface area contributed by atoms with Crippen LogP contribution in [0.5, 0.6) is 0 Å². The second kappa shape index (κ2) is 4.36. The lowest BCUT2D eigenvalue weighted by atomic mass is 9.84. The summed E-state index contributed by atoms with van der Waals surface area (Å²) in [6.07, 6.45) is -4.63. The van der Waals surface area contributed by atoms with Gasteiger partial charge in [0.1, 0.15) is 5.69 Å². The number of nitrogens with one attached hydrogen (secondary N) is 1. The van der Waals surface area contributed by atoms with Crippen LogP contribution in [0, 0.1) is 0 Å². The molecule has 0 unspecified atom stereocenters. The number of aromatic nitrogens is 1. The van der Waals surface area contributed by atoms with Crippen LogP contribution in [0.15, 0.2) is 16.9 Å². The van der Waals surface area contributed by atoms with Gasteiger partial charge >= 0.3 is 13.3 Å². The van der Waals surface area contributed by atoms with Gasteiger partial charge in [-0.25, -0.2) is 0 Å². The SMILES string of the molecule is CC1(C)OB(c2cc(=O)cc(C(F)(F)F)[nH]2)OC1(C)C. The van der Waals surface area contributed by atoms with Gasteiger partial charge in [0.25, 0.3) is 0 Å². The first-order valence-electron chi connectivity index (χ1n) is 6.09. The zero-order valence-corrected chi connectivity index (χ0v) is 11.6. The Hall–Kier alpha value is -1.28. The summed E-state index contributed by atoms with van der Waals surface area (Å²) in [4.78, 5) is 13.6. The average Bonchev–Trinajstić information content (AvgIpc) is 2.46. The molecule has 0 saturated carbocycles. The zero-order chi connectivity index (χ0) is 15.3. The predicted octanol–water partition coefficient (Wildman–Crippen LogP) is 1.69. The van der Waals surface area contributed by atoms with Gasteiger partial charge in [0.05, 0.1) is 11.2 Å². The summed E-state index contributed by atoms with van der Waals surface area (Å²) in [5.41, 5.74) is -3.29. The van der Waals surface area contributed by atoms with Crippen molar-refractivity contribution in [1.82, 2.24) is 4.98 Å². The molecule has 110 valence electrons. The molecular formula is C12H15BF3NO3. The van der Waals surface area contributed by atoms with E-state index in [0.29, 0.717) is 6.07 Å². The molecule has 2 heterocycles. The van der Waals surface area contributed by atoms with Crippen LogP contribution in [0.3, 0.4) is 0 Å². The highest BCUT2D eigenvalue weighted by molar-refractivity contribution is 6.61. The van der Waals surface area contributed by atoms with E-state index in [2.05, 4.69) is 4.98 Å². The van der Waals surface area contributed by atoms with Crippen molar-refractivity contribution < 1.29 is 22.5 Å². The third-order valence-electron chi connectivity index (χ3n) is 3.68. The molecule has 2 rings (SSSR count). The summed E-state index contributed by atoms with van der Waals surface area (Å²) in [5.74, 6) is 0. The third kappa shape index (κ3) is 2.62. The minimum absolute atomic E-state index is 0.0384. The fraction of sp³-hybridized carbons (Fsp3) is 0.583. The van der Waals surface area contributed by atoms with E-state index < -0.39 is 35.6 Å². The van der Waals surface area contributed by atoms with Crippen molar-refractivity contribution in [3.63, 3.8) is 0 Å². The van der Waals surface area contributed by atoms with E-state index in [0.717, 1.165) is 6.07 Å².